The maximum absolute atomic E-state index is 11.5. The van der Waals surface area contributed by atoms with Crippen LogP contribution in [0.1, 0.15) is 46.0 Å². The van der Waals surface area contributed by atoms with Gasteiger partial charge in [-0.3, -0.25) is 4.79 Å². The topological polar surface area (TPSA) is 29.1 Å². The largest absolute Gasteiger partial charge is 0.352 e. The minimum atomic E-state index is 0.322. The van der Waals surface area contributed by atoms with Crippen molar-refractivity contribution in [3.63, 3.8) is 0 Å². The van der Waals surface area contributed by atoms with Crippen LogP contribution in [0.25, 0.3) is 0 Å². The van der Waals surface area contributed by atoms with Gasteiger partial charge in [0, 0.05) is 6.04 Å². The van der Waals surface area contributed by atoms with E-state index in [9.17, 15) is 4.79 Å². The van der Waals surface area contributed by atoms with Crippen molar-refractivity contribution in [1.29, 1.82) is 0 Å². The van der Waals surface area contributed by atoms with E-state index in [2.05, 4.69) is 19.2 Å². The maximum Gasteiger partial charge on any atom is 0.225 e. The Bertz CT molecular complexity index is 218. The lowest BCUT2D eigenvalue weighted by Crippen LogP contribution is -2.60. The second-order valence-corrected chi connectivity index (χ2v) is 5.31. The standard InChI is InChI=1S/C12H21NO/c1-8(2)7-10-11(12(14)13-10)9-5-3-4-6-9/h8-11H,3-7H2,1-2H3,(H,13,14). The molecule has 2 heteroatoms. The molecule has 2 unspecified atom stereocenters. The predicted molar refractivity (Wildman–Crippen MR) is 56.8 cm³/mol. The minimum Gasteiger partial charge on any atom is -0.352 e. The Balaban J connectivity index is 1.91. The second kappa shape index (κ2) is 3.92. The van der Waals surface area contributed by atoms with Crippen molar-refractivity contribution < 1.29 is 4.79 Å². The Kier molecular flexibility index (Phi) is 2.80. The molecule has 0 aromatic rings. The average Bonchev–Trinajstić information content (AvgIpc) is 2.55. The van der Waals surface area contributed by atoms with E-state index < -0.39 is 0 Å². The molecular formula is C12H21NO. The van der Waals surface area contributed by atoms with Gasteiger partial charge in [-0.05, 0) is 31.1 Å². The molecule has 1 N–H and O–H groups in total. The number of carbonyl (C=O) groups excluding carboxylic acids is 1. The van der Waals surface area contributed by atoms with E-state index in [0.717, 1.165) is 6.42 Å². The number of hydrogen-bond acceptors (Lipinski definition) is 1. The number of amides is 1. The smallest absolute Gasteiger partial charge is 0.225 e. The zero-order chi connectivity index (χ0) is 10.1. The van der Waals surface area contributed by atoms with E-state index in [1.165, 1.54) is 25.7 Å². The van der Waals surface area contributed by atoms with Crippen molar-refractivity contribution >= 4 is 5.91 Å². The third kappa shape index (κ3) is 1.79. The monoisotopic (exact) mass is 195 g/mol. The van der Waals surface area contributed by atoms with Gasteiger partial charge in [0.1, 0.15) is 0 Å². The fourth-order valence-electron chi connectivity index (χ4n) is 3.03. The van der Waals surface area contributed by atoms with Gasteiger partial charge in [0.2, 0.25) is 5.91 Å². The van der Waals surface area contributed by atoms with Crippen LogP contribution in [0.15, 0.2) is 0 Å². The lowest BCUT2D eigenvalue weighted by atomic mass is 9.75. The molecule has 0 aromatic carbocycles. The van der Waals surface area contributed by atoms with Crippen molar-refractivity contribution in [1.82, 2.24) is 5.32 Å². The first-order chi connectivity index (χ1) is 6.68. The van der Waals surface area contributed by atoms with Gasteiger partial charge in [-0.25, -0.2) is 0 Å². The predicted octanol–water partition coefficient (Wildman–Crippen LogP) is 2.34. The lowest BCUT2D eigenvalue weighted by Gasteiger charge is -2.41. The molecule has 14 heavy (non-hydrogen) atoms. The summed E-state index contributed by atoms with van der Waals surface area (Å²) in [6, 6.07) is 0.491. The summed E-state index contributed by atoms with van der Waals surface area (Å²) in [5, 5.41) is 3.06. The number of β-lactam (4-membered cyclic amide) rings is 1. The molecule has 1 aliphatic heterocycles. The summed E-state index contributed by atoms with van der Waals surface area (Å²) in [6.07, 6.45) is 6.40. The number of rotatable bonds is 3. The first kappa shape index (κ1) is 10.0. The molecule has 80 valence electrons. The van der Waals surface area contributed by atoms with Crippen molar-refractivity contribution in [2.45, 2.75) is 52.0 Å². The van der Waals surface area contributed by atoms with Crippen LogP contribution in [0, 0.1) is 17.8 Å². The van der Waals surface area contributed by atoms with Crippen molar-refractivity contribution in [2.24, 2.45) is 17.8 Å². The van der Waals surface area contributed by atoms with E-state index in [0.29, 0.717) is 29.7 Å². The lowest BCUT2D eigenvalue weighted by molar-refractivity contribution is -0.138. The second-order valence-electron chi connectivity index (χ2n) is 5.31. The molecule has 1 saturated heterocycles. The zero-order valence-corrected chi connectivity index (χ0v) is 9.25. The molecule has 0 bridgehead atoms. The fraction of sp³-hybridized carbons (Fsp3) is 0.917. The highest BCUT2D eigenvalue weighted by molar-refractivity contribution is 5.86. The molecule has 0 aromatic heterocycles. The summed E-state index contributed by atoms with van der Waals surface area (Å²) in [5.41, 5.74) is 0. The molecule has 1 amide bonds. The summed E-state index contributed by atoms with van der Waals surface area (Å²) in [5.74, 6) is 2.08. The first-order valence-electron chi connectivity index (χ1n) is 5.99. The molecule has 2 fully saturated rings. The summed E-state index contributed by atoms with van der Waals surface area (Å²) in [4.78, 5) is 11.5. The van der Waals surface area contributed by atoms with Crippen LogP contribution in [0.2, 0.25) is 0 Å². The Morgan fingerprint density at radius 2 is 2.00 bits per heavy atom. The molecule has 1 saturated carbocycles. The van der Waals surface area contributed by atoms with E-state index in [-0.39, 0.29) is 0 Å². The third-order valence-corrected chi connectivity index (χ3v) is 3.70. The van der Waals surface area contributed by atoms with Crippen molar-refractivity contribution in [3.05, 3.63) is 0 Å². The van der Waals surface area contributed by atoms with Crippen molar-refractivity contribution in [3.8, 4) is 0 Å². The quantitative estimate of drug-likeness (QED) is 0.688. The molecule has 2 rings (SSSR count). The summed E-state index contributed by atoms with van der Waals surface area (Å²) in [6.45, 7) is 4.46. The van der Waals surface area contributed by atoms with Gasteiger partial charge in [-0.2, -0.15) is 0 Å². The highest BCUT2D eigenvalue weighted by Gasteiger charge is 2.44. The molecule has 1 heterocycles. The van der Waals surface area contributed by atoms with Gasteiger partial charge < -0.3 is 5.32 Å². The van der Waals surface area contributed by atoms with Gasteiger partial charge in [-0.1, -0.05) is 26.7 Å². The van der Waals surface area contributed by atoms with Gasteiger partial charge in [0.25, 0.3) is 0 Å². The Labute approximate surface area is 86.5 Å². The number of hydrogen-bond donors (Lipinski definition) is 1. The summed E-state index contributed by atoms with van der Waals surface area (Å²) >= 11 is 0. The Hall–Kier alpha value is -0.530. The van der Waals surface area contributed by atoms with Crippen LogP contribution in [-0.4, -0.2) is 11.9 Å². The van der Waals surface area contributed by atoms with E-state index in [1.807, 2.05) is 0 Å². The fourth-order valence-corrected chi connectivity index (χ4v) is 3.03. The molecule has 0 radical (unpaired) electrons. The van der Waals surface area contributed by atoms with Crippen LogP contribution in [0.4, 0.5) is 0 Å². The molecular weight excluding hydrogens is 174 g/mol. The van der Waals surface area contributed by atoms with Crippen LogP contribution < -0.4 is 5.32 Å². The summed E-state index contributed by atoms with van der Waals surface area (Å²) in [7, 11) is 0. The Morgan fingerprint density at radius 1 is 1.36 bits per heavy atom. The van der Waals surface area contributed by atoms with E-state index >= 15 is 0 Å². The first-order valence-corrected chi connectivity index (χ1v) is 5.99. The molecule has 0 spiro atoms. The van der Waals surface area contributed by atoms with Gasteiger partial charge in [0.05, 0.1) is 5.92 Å². The van der Waals surface area contributed by atoms with E-state index in [4.69, 9.17) is 0 Å². The van der Waals surface area contributed by atoms with Gasteiger partial charge in [-0.15, -0.1) is 0 Å². The highest BCUT2D eigenvalue weighted by Crippen LogP contribution is 2.38. The van der Waals surface area contributed by atoms with E-state index in [1.54, 1.807) is 0 Å². The third-order valence-electron chi connectivity index (χ3n) is 3.70. The summed E-state index contributed by atoms with van der Waals surface area (Å²) < 4.78 is 0. The van der Waals surface area contributed by atoms with Crippen LogP contribution >= 0.6 is 0 Å². The van der Waals surface area contributed by atoms with Crippen LogP contribution in [-0.2, 0) is 4.79 Å². The number of carbonyl (C=O) groups is 1. The SMILES string of the molecule is CC(C)CC1NC(=O)C1C1CCCC1. The normalized spacial score (nSPS) is 33.2. The highest BCUT2D eigenvalue weighted by atomic mass is 16.2. The van der Waals surface area contributed by atoms with Crippen molar-refractivity contribution in [2.75, 3.05) is 0 Å². The van der Waals surface area contributed by atoms with Crippen LogP contribution in [0.3, 0.4) is 0 Å². The number of nitrogens with one attached hydrogen (secondary N) is 1. The molecule has 1 aliphatic carbocycles. The molecule has 2 atom stereocenters. The Morgan fingerprint density at radius 3 is 2.50 bits per heavy atom. The van der Waals surface area contributed by atoms with Crippen LogP contribution in [0.5, 0.6) is 0 Å². The minimum absolute atomic E-state index is 0.322. The molecule has 2 aliphatic rings. The average molecular weight is 195 g/mol. The van der Waals surface area contributed by atoms with Gasteiger partial charge in [0.15, 0.2) is 0 Å². The zero-order valence-electron chi connectivity index (χ0n) is 9.25. The van der Waals surface area contributed by atoms with Gasteiger partial charge >= 0.3 is 0 Å². The maximum atomic E-state index is 11.5. The molecule has 2 nitrogen and oxygen atoms in total.